The third-order valence-corrected chi connectivity index (χ3v) is 5.38. The monoisotopic (exact) mass is 410 g/mol. The van der Waals surface area contributed by atoms with Gasteiger partial charge in [0, 0.05) is 18.1 Å². The van der Waals surface area contributed by atoms with Gasteiger partial charge in [-0.15, -0.1) is 0 Å². The zero-order chi connectivity index (χ0) is 19.9. The van der Waals surface area contributed by atoms with Gasteiger partial charge in [0.1, 0.15) is 5.75 Å². The summed E-state index contributed by atoms with van der Waals surface area (Å²) in [6.07, 6.45) is -0.759. The molecule has 2 aromatic carbocycles. The third-order valence-electron chi connectivity index (χ3n) is 3.82. The summed E-state index contributed by atoms with van der Waals surface area (Å²) in [5.74, 6) is -0.0417. The number of carbonyl (C=O) groups excluding carboxylic acids is 1. The van der Waals surface area contributed by atoms with Crippen LogP contribution < -0.4 is 14.8 Å². The van der Waals surface area contributed by atoms with Crippen LogP contribution in [0.4, 0.5) is 0 Å². The van der Waals surface area contributed by atoms with E-state index in [0.29, 0.717) is 10.8 Å². The number of halogens is 1. The summed E-state index contributed by atoms with van der Waals surface area (Å²) in [5, 5.41) is 3.17. The SMILES string of the molecule is Cc1cc(Cl)ccc1OC(C)C(=O)NCCS(=O)(=O)NCc1ccccc1. The van der Waals surface area contributed by atoms with Crippen molar-refractivity contribution in [1.82, 2.24) is 10.0 Å². The number of rotatable bonds is 9. The van der Waals surface area contributed by atoms with E-state index in [0.717, 1.165) is 11.1 Å². The standard InChI is InChI=1S/C19H23ClN2O4S/c1-14-12-17(20)8-9-18(14)26-15(2)19(23)21-10-11-27(24,25)22-13-16-6-4-3-5-7-16/h3-9,12,15,22H,10-11,13H2,1-2H3,(H,21,23). The molecule has 0 aliphatic carbocycles. The Hall–Kier alpha value is -2.09. The fourth-order valence-electron chi connectivity index (χ4n) is 2.30. The second-order valence-corrected chi connectivity index (χ2v) is 8.45. The summed E-state index contributed by atoms with van der Waals surface area (Å²) in [6.45, 7) is 3.64. The highest BCUT2D eigenvalue weighted by molar-refractivity contribution is 7.89. The number of hydrogen-bond donors (Lipinski definition) is 2. The van der Waals surface area contributed by atoms with Crippen molar-refractivity contribution < 1.29 is 17.9 Å². The summed E-state index contributed by atoms with van der Waals surface area (Å²) in [6, 6.07) is 14.3. The van der Waals surface area contributed by atoms with Crippen LogP contribution in [0.15, 0.2) is 48.5 Å². The van der Waals surface area contributed by atoms with Crippen LogP contribution in [-0.2, 0) is 21.4 Å². The molecule has 1 amide bonds. The van der Waals surface area contributed by atoms with Crippen LogP contribution in [0.5, 0.6) is 5.75 Å². The second kappa shape index (κ2) is 9.73. The van der Waals surface area contributed by atoms with Crippen LogP contribution in [0.2, 0.25) is 5.02 Å². The van der Waals surface area contributed by atoms with E-state index in [-0.39, 0.29) is 24.7 Å². The smallest absolute Gasteiger partial charge is 0.260 e. The van der Waals surface area contributed by atoms with Gasteiger partial charge in [-0.1, -0.05) is 41.9 Å². The number of aryl methyl sites for hydroxylation is 1. The first-order valence-corrected chi connectivity index (χ1v) is 10.5. The second-order valence-electron chi connectivity index (χ2n) is 6.09. The van der Waals surface area contributed by atoms with Gasteiger partial charge in [-0.25, -0.2) is 13.1 Å². The summed E-state index contributed by atoms with van der Waals surface area (Å²) >= 11 is 5.89. The number of benzene rings is 2. The molecule has 2 N–H and O–H groups in total. The van der Waals surface area contributed by atoms with Crippen molar-refractivity contribution >= 4 is 27.5 Å². The molecule has 2 rings (SSSR count). The van der Waals surface area contributed by atoms with Crippen molar-refractivity contribution in [3.05, 3.63) is 64.7 Å². The Bertz CT molecular complexity index is 873. The van der Waals surface area contributed by atoms with Gasteiger partial charge in [0.2, 0.25) is 10.0 Å². The molecule has 2 aromatic rings. The highest BCUT2D eigenvalue weighted by Gasteiger charge is 2.17. The first-order chi connectivity index (χ1) is 12.8. The fraction of sp³-hybridized carbons (Fsp3) is 0.316. The van der Waals surface area contributed by atoms with Crippen LogP contribution in [0.25, 0.3) is 0 Å². The van der Waals surface area contributed by atoms with E-state index in [1.165, 1.54) is 0 Å². The van der Waals surface area contributed by atoms with Crippen LogP contribution in [-0.4, -0.2) is 32.7 Å². The molecule has 0 aliphatic rings. The Labute approximate surface area is 164 Å². The molecule has 6 nitrogen and oxygen atoms in total. The molecule has 0 aromatic heterocycles. The molecule has 0 bridgehead atoms. The third kappa shape index (κ3) is 7.21. The van der Waals surface area contributed by atoms with Gasteiger partial charge in [0.15, 0.2) is 6.10 Å². The first kappa shape index (κ1) is 21.2. The van der Waals surface area contributed by atoms with Gasteiger partial charge in [0.25, 0.3) is 5.91 Å². The molecule has 27 heavy (non-hydrogen) atoms. The van der Waals surface area contributed by atoms with Crippen LogP contribution in [0.3, 0.4) is 0 Å². The maximum Gasteiger partial charge on any atom is 0.260 e. The summed E-state index contributed by atoms with van der Waals surface area (Å²) in [5.41, 5.74) is 1.68. The van der Waals surface area contributed by atoms with E-state index in [1.54, 1.807) is 25.1 Å². The normalized spacial score (nSPS) is 12.4. The molecule has 1 unspecified atom stereocenters. The predicted molar refractivity (Wildman–Crippen MR) is 106 cm³/mol. The maximum absolute atomic E-state index is 12.1. The van der Waals surface area contributed by atoms with E-state index in [1.807, 2.05) is 37.3 Å². The largest absolute Gasteiger partial charge is 0.481 e. The molecule has 0 spiro atoms. The number of ether oxygens (including phenoxy) is 1. The van der Waals surface area contributed by atoms with Crippen molar-refractivity contribution in [3.8, 4) is 5.75 Å². The molecule has 1 atom stereocenters. The van der Waals surface area contributed by atoms with Gasteiger partial charge in [-0.05, 0) is 43.2 Å². The Morgan fingerprint density at radius 2 is 1.89 bits per heavy atom. The molecule has 8 heteroatoms. The maximum atomic E-state index is 12.1. The van der Waals surface area contributed by atoms with Crippen LogP contribution in [0.1, 0.15) is 18.1 Å². The lowest BCUT2D eigenvalue weighted by molar-refractivity contribution is -0.127. The number of carbonyl (C=O) groups is 1. The van der Waals surface area contributed by atoms with Gasteiger partial charge in [0.05, 0.1) is 5.75 Å². The molecule has 0 saturated heterocycles. The lowest BCUT2D eigenvalue weighted by Gasteiger charge is -2.16. The molecule has 0 saturated carbocycles. The minimum Gasteiger partial charge on any atom is -0.481 e. The fourth-order valence-corrected chi connectivity index (χ4v) is 3.43. The molecular weight excluding hydrogens is 388 g/mol. The predicted octanol–water partition coefficient (Wildman–Crippen LogP) is 2.65. The average molecular weight is 411 g/mol. The Morgan fingerprint density at radius 1 is 1.19 bits per heavy atom. The summed E-state index contributed by atoms with van der Waals surface area (Å²) < 4.78 is 32.2. The van der Waals surface area contributed by atoms with Crippen molar-refractivity contribution in [3.63, 3.8) is 0 Å². The van der Waals surface area contributed by atoms with Crippen molar-refractivity contribution in [1.29, 1.82) is 0 Å². The summed E-state index contributed by atoms with van der Waals surface area (Å²) in [4.78, 5) is 12.1. The van der Waals surface area contributed by atoms with Crippen molar-refractivity contribution in [2.75, 3.05) is 12.3 Å². The lowest BCUT2D eigenvalue weighted by Crippen LogP contribution is -2.40. The number of nitrogens with one attached hydrogen (secondary N) is 2. The van der Waals surface area contributed by atoms with Gasteiger partial charge in [-0.3, -0.25) is 4.79 Å². The number of sulfonamides is 1. The Kier molecular flexibility index (Phi) is 7.65. The minimum absolute atomic E-state index is 0.00371. The average Bonchev–Trinajstić information content (AvgIpc) is 2.63. The highest BCUT2D eigenvalue weighted by atomic mass is 35.5. The molecule has 0 aliphatic heterocycles. The van der Waals surface area contributed by atoms with E-state index in [4.69, 9.17) is 16.3 Å². The van der Waals surface area contributed by atoms with Crippen LogP contribution in [0, 0.1) is 6.92 Å². The lowest BCUT2D eigenvalue weighted by atomic mass is 10.2. The molecule has 0 heterocycles. The number of hydrogen-bond acceptors (Lipinski definition) is 4. The summed E-state index contributed by atoms with van der Waals surface area (Å²) in [7, 11) is -3.49. The van der Waals surface area contributed by atoms with E-state index < -0.39 is 16.1 Å². The first-order valence-electron chi connectivity index (χ1n) is 8.48. The Balaban J connectivity index is 1.77. The molecule has 146 valence electrons. The van der Waals surface area contributed by atoms with E-state index >= 15 is 0 Å². The van der Waals surface area contributed by atoms with Crippen molar-refractivity contribution in [2.45, 2.75) is 26.5 Å². The van der Waals surface area contributed by atoms with E-state index in [2.05, 4.69) is 10.0 Å². The quantitative estimate of drug-likeness (QED) is 0.665. The highest BCUT2D eigenvalue weighted by Crippen LogP contribution is 2.22. The van der Waals surface area contributed by atoms with Gasteiger partial charge in [-0.2, -0.15) is 0 Å². The minimum atomic E-state index is -3.49. The molecule has 0 radical (unpaired) electrons. The number of amides is 1. The molecular formula is C19H23ClN2O4S. The van der Waals surface area contributed by atoms with Gasteiger partial charge >= 0.3 is 0 Å². The Morgan fingerprint density at radius 3 is 2.56 bits per heavy atom. The molecule has 0 fully saturated rings. The van der Waals surface area contributed by atoms with E-state index in [9.17, 15) is 13.2 Å². The van der Waals surface area contributed by atoms with Crippen LogP contribution >= 0.6 is 11.6 Å². The van der Waals surface area contributed by atoms with Gasteiger partial charge < -0.3 is 10.1 Å². The zero-order valence-electron chi connectivity index (χ0n) is 15.2. The topological polar surface area (TPSA) is 84.5 Å². The van der Waals surface area contributed by atoms with Crippen molar-refractivity contribution in [2.24, 2.45) is 0 Å². The zero-order valence-corrected chi connectivity index (χ0v) is 16.8.